The summed E-state index contributed by atoms with van der Waals surface area (Å²) in [6.07, 6.45) is 1.64. The number of amides is 2. The van der Waals surface area contributed by atoms with Crippen LogP contribution in [0.1, 0.15) is 22.4 Å². The van der Waals surface area contributed by atoms with Crippen molar-refractivity contribution in [3.63, 3.8) is 0 Å². The average Bonchev–Trinajstić information content (AvgIpc) is 2.70. The maximum atomic E-state index is 12.9. The number of urea groups is 1. The van der Waals surface area contributed by atoms with E-state index >= 15 is 0 Å². The molecule has 0 radical (unpaired) electrons. The predicted molar refractivity (Wildman–Crippen MR) is 112 cm³/mol. The Balaban J connectivity index is 1.82. The van der Waals surface area contributed by atoms with Gasteiger partial charge in [0.05, 0.1) is 17.1 Å². The molecule has 0 fully saturated rings. The minimum Gasteiger partial charge on any atom is -0.314 e. The van der Waals surface area contributed by atoms with Crippen molar-refractivity contribution in [3.05, 3.63) is 95.3 Å². The largest absolute Gasteiger partial charge is 0.331 e. The first-order valence-electron chi connectivity index (χ1n) is 9.17. The van der Waals surface area contributed by atoms with Crippen LogP contribution in [0.25, 0.3) is 0 Å². The van der Waals surface area contributed by atoms with E-state index in [-0.39, 0.29) is 18.0 Å². The van der Waals surface area contributed by atoms with Crippen LogP contribution in [0.3, 0.4) is 0 Å². The second kappa shape index (κ2) is 8.87. The number of nitrogens with zero attached hydrogens (tertiary/aromatic N) is 2. The van der Waals surface area contributed by atoms with Crippen molar-refractivity contribution in [1.82, 2.24) is 14.6 Å². The molecule has 0 unspecified atom stereocenters. The highest BCUT2D eigenvalue weighted by atomic mass is 32.2. The average molecular weight is 410 g/mol. The van der Waals surface area contributed by atoms with Gasteiger partial charge in [-0.2, -0.15) is 0 Å². The third-order valence-corrected chi connectivity index (χ3v) is 5.75. The molecule has 150 valence electrons. The summed E-state index contributed by atoms with van der Waals surface area (Å²) < 4.78 is 27.4. The Bertz CT molecular complexity index is 1060. The van der Waals surface area contributed by atoms with Gasteiger partial charge in [0.2, 0.25) is 0 Å². The molecule has 0 saturated heterocycles. The van der Waals surface area contributed by atoms with E-state index in [2.05, 4.69) is 9.71 Å². The van der Waals surface area contributed by atoms with Crippen LogP contribution in [-0.4, -0.2) is 24.3 Å². The van der Waals surface area contributed by atoms with Gasteiger partial charge in [0.1, 0.15) is 0 Å². The molecule has 0 bridgehead atoms. The lowest BCUT2D eigenvalue weighted by atomic mass is 10.1. The van der Waals surface area contributed by atoms with E-state index in [0.29, 0.717) is 5.69 Å². The Morgan fingerprint density at radius 1 is 0.897 bits per heavy atom. The van der Waals surface area contributed by atoms with Crippen molar-refractivity contribution in [2.24, 2.45) is 0 Å². The molecule has 29 heavy (non-hydrogen) atoms. The van der Waals surface area contributed by atoms with Crippen molar-refractivity contribution in [1.29, 1.82) is 0 Å². The number of pyridine rings is 1. The number of aromatic nitrogens is 1. The quantitative estimate of drug-likeness (QED) is 0.672. The Morgan fingerprint density at radius 2 is 1.52 bits per heavy atom. The standard InChI is InChI=1S/C22H23N3O3S/c1-17-6-10-19(11-7-17)15-25(16-20-5-3-4-14-23-20)22(26)24-29(27,28)21-12-8-18(2)9-13-21/h3-14H,15-16H2,1-2H3,(H,24,26). The first-order chi connectivity index (χ1) is 13.8. The summed E-state index contributed by atoms with van der Waals surface area (Å²) in [5.41, 5.74) is 3.61. The number of sulfonamides is 1. The smallest absolute Gasteiger partial charge is 0.314 e. The van der Waals surface area contributed by atoms with E-state index in [1.54, 1.807) is 30.5 Å². The summed E-state index contributed by atoms with van der Waals surface area (Å²) in [5, 5.41) is 0. The molecule has 3 rings (SSSR count). The lowest BCUT2D eigenvalue weighted by Crippen LogP contribution is -2.42. The van der Waals surface area contributed by atoms with E-state index in [1.807, 2.05) is 44.2 Å². The highest BCUT2D eigenvalue weighted by Crippen LogP contribution is 2.13. The number of rotatable bonds is 6. The Labute approximate surface area is 171 Å². The lowest BCUT2D eigenvalue weighted by molar-refractivity contribution is 0.197. The van der Waals surface area contributed by atoms with Gasteiger partial charge in [-0.1, -0.05) is 53.6 Å². The zero-order chi connectivity index (χ0) is 20.9. The Hall–Kier alpha value is -3.19. The summed E-state index contributed by atoms with van der Waals surface area (Å²) in [4.78, 5) is 18.6. The predicted octanol–water partition coefficient (Wildman–Crippen LogP) is 3.80. The van der Waals surface area contributed by atoms with Crippen molar-refractivity contribution in [2.45, 2.75) is 31.8 Å². The van der Waals surface area contributed by atoms with E-state index in [4.69, 9.17) is 0 Å². The normalized spacial score (nSPS) is 11.1. The molecule has 0 aliphatic rings. The minimum absolute atomic E-state index is 0.0459. The molecule has 0 aliphatic carbocycles. The number of benzene rings is 2. The lowest BCUT2D eigenvalue weighted by Gasteiger charge is -2.23. The molecule has 1 N–H and O–H groups in total. The van der Waals surface area contributed by atoms with Crippen LogP contribution in [0.15, 0.2) is 77.8 Å². The van der Waals surface area contributed by atoms with Gasteiger partial charge in [-0.3, -0.25) is 4.98 Å². The maximum Gasteiger partial charge on any atom is 0.331 e. The number of carbonyl (C=O) groups excluding carboxylic acids is 1. The van der Waals surface area contributed by atoms with Gasteiger partial charge in [0.25, 0.3) is 10.0 Å². The maximum absolute atomic E-state index is 12.9. The molecule has 2 amide bonds. The van der Waals surface area contributed by atoms with Gasteiger partial charge < -0.3 is 4.90 Å². The van der Waals surface area contributed by atoms with Crippen LogP contribution in [0.4, 0.5) is 4.79 Å². The van der Waals surface area contributed by atoms with Crippen LogP contribution >= 0.6 is 0 Å². The number of nitrogens with one attached hydrogen (secondary N) is 1. The van der Waals surface area contributed by atoms with Gasteiger partial charge in [-0.25, -0.2) is 17.9 Å². The summed E-state index contributed by atoms with van der Waals surface area (Å²) in [6.45, 7) is 4.29. The van der Waals surface area contributed by atoms with E-state index in [0.717, 1.165) is 16.7 Å². The molecule has 1 aromatic heterocycles. The molecule has 1 heterocycles. The summed E-state index contributed by atoms with van der Waals surface area (Å²) in [5.74, 6) is 0. The van der Waals surface area contributed by atoms with Crippen LogP contribution in [0.5, 0.6) is 0 Å². The molecule has 6 nitrogen and oxygen atoms in total. The third kappa shape index (κ3) is 5.65. The molecule has 0 atom stereocenters. The van der Waals surface area contributed by atoms with Gasteiger partial charge in [0.15, 0.2) is 0 Å². The van der Waals surface area contributed by atoms with Crippen molar-refractivity contribution < 1.29 is 13.2 Å². The molecular formula is C22H23N3O3S. The number of carbonyl (C=O) groups is 1. The summed E-state index contributed by atoms with van der Waals surface area (Å²) in [7, 11) is -3.97. The Kier molecular flexibility index (Phi) is 6.29. The van der Waals surface area contributed by atoms with Crippen LogP contribution < -0.4 is 4.72 Å². The fraction of sp³-hybridized carbons (Fsp3) is 0.182. The first kappa shape index (κ1) is 20.5. The molecule has 0 spiro atoms. The van der Waals surface area contributed by atoms with Gasteiger partial charge in [-0.15, -0.1) is 0 Å². The highest BCUT2D eigenvalue weighted by molar-refractivity contribution is 7.90. The first-order valence-corrected chi connectivity index (χ1v) is 10.7. The fourth-order valence-electron chi connectivity index (χ4n) is 2.76. The second-order valence-electron chi connectivity index (χ2n) is 6.89. The fourth-order valence-corrected chi connectivity index (χ4v) is 3.73. The molecule has 0 saturated carbocycles. The number of aryl methyl sites for hydroxylation is 2. The van der Waals surface area contributed by atoms with Gasteiger partial charge in [0, 0.05) is 12.7 Å². The molecule has 3 aromatic rings. The number of hydrogen-bond acceptors (Lipinski definition) is 4. The van der Waals surface area contributed by atoms with Crippen molar-refractivity contribution >= 4 is 16.1 Å². The van der Waals surface area contributed by atoms with Gasteiger partial charge >= 0.3 is 6.03 Å². The monoisotopic (exact) mass is 409 g/mol. The molecular weight excluding hydrogens is 386 g/mol. The van der Waals surface area contributed by atoms with Crippen LogP contribution in [0, 0.1) is 13.8 Å². The summed E-state index contributed by atoms with van der Waals surface area (Å²) in [6, 6.07) is 18.8. The van der Waals surface area contributed by atoms with E-state index < -0.39 is 16.1 Å². The Morgan fingerprint density at radius 3 is 2.10 bits per heavy atom. The molecule has 0 aliphatic heterocycles. The topological polar surface area (TPSA) is 79.4 Å². The van der Waals surface area contributed by atoms with E-state index in [1.165, 1.54) is 17.0 Å². The zero-order valence-electron chi connectivity index (χ0n) is 16.4. The van der Waals surface area contributed by atoms with Gasteiger partial charge in [-0.05, 0) is 43.7 Å². The number of hydrogen-bond donors (Lipinski definition) is 1. The SMILES string of the molecule is Cc1ccc(CN(Cc2ccccn2)C(=O)NS(=O)(=O)c2ccc(C)cc2)cc1. The summed E-state index contributed by atoms with van der Waals surface area (Å²) >= 11 is 0. The highest BCUT2D eigenvalue weighted by Gasteiger charge is 2.22. The molecule has 2 aromatic carbocycles. The van der Waals surface area contributed by atoms with Crippen LogP contribution in [0.2, 0.25) is 0 Å². The van der Waals surface area contributed by atoms with Crippen LogP contribution in [-0.2, 0) is 23.1 Å². The second-order valence-corrected chi connectivity index (χ2v) is 8.57. The zero-order valence-corrected chi connectivity index (χ0v) is 17.2. The van der Waals surface area contributed by atoms with Crippen molar-refractivity contribution in [3.8, 4) is 0 Å². The molecule has 7 heteroatoms. The third-order valence-electron chi connectivity index (χ3n) is 4.41. The van der Waals surface area contributed by atoms with E-state index in [9.17, 15) is 13.2 Å². The van der Waals surface area contributed by atoms with Crippen molar-refractivity contribution in [2.75, 3.05) is 0 Å². The minimum atomic E-state index is -3.97.